The molecule has 1 aromatic rings. The molecule has 0 bridgehead atoms. The molecule has 1 aliphatic rings. The van der Waals surface area contributed by atoms with Crippen molar-refractivity contribution < 1.29 is 9.53 Å². The van der Waals surface area contributed by atoms with E-state index in [0.29, 0.717) is 23.1 Å². The van der Waals surface area contributed by atoms with E-state index in [2.05, 4.69) is 32.2 Å². The number of rotatable bonds is 6. The number of primary amides is 1. The molecule has 2 unspecified atom stereocenters. The Kier molecular flexibility index (Phi) is 4.88. The number of carbonyl (C=O) groups excluding carboxylic acids is 1. The Morgan fingerprint density at radius 1 is 1.43 bits per heavy atom. The Morgan fingerprint density at radius 3 is 2.81 bits per heavy atom. The number of nitrogens with one attached hydrogen (secondary N) is 1. The third-order valence-corrected chi connectivity index (χ3v) is 4.18. The highest BCUT2D eigenvalue weighted by atomic mass is 16.5. The van der Waals surface area contributed by atoms with Gasteiger partial charge in [0, 0.05) is 12.6 Å². The fourth-order valence-corrected chi connectivity index (χ4v) is 3.32. The lowest BCUT2D eigenvalue weighted by molar-refractivity contribution is -0.119. The highest BCUT2D eigenvalue weighted by Crippen LogP contribution is 2.40. The first-order valence-corrected chi connectivity index (χ1v) is 7.59. The van der Waals surface area contributed by atoms with Crippen LogP contribution in [0.1, 0.15) is 39.2 Å². The number of carbonyl (C=O) groups is 1. The fourth-order valence-electron chi connectivity index (χ4n) is 3.32. The second-order valence-corrected chi connectivity index (χ2v) is 6.94. The van der Waals surface area contributed by atoms with Gasteiger partial charge in [0.05, 0.1) is 0 Å². The van der Waals surface area contributed by atoms with Crippen LogP contribution in [-0.4, -0.2) is 18.6 Å². The van der Waals surface area contributed by atoms with E-state index in [1.807, 2.05) is 18.2 Å². The van der Waals surface area contributed by atoms with Gasteiger partial charge in [-0.3, -0.25) is 4.79 Å². The number of nitrogens with two attached hydrogens (primary N) is 1. The first-order chi connectivity index (χ1) is 9.85. The normalized spacial score (nSPS) is 24.0. The van der Waals surface area contributed by atoms with Crippen molar-refractivity contribution in [3.63, 3.8) is 0 Å². The summed E-state index contributed by atoms with van der Waals surface area (Å²) in [7, 11) is 0. The second-order valence-electron chi connectivity index (χ2n) is 6.94. The van der Waals surface area contributed by atoms with Crippen molar-refractivity contribution in [2.24, 2.45) is 17.1 Å². The van der Waals surface area contributed by atoms with Gasteiger partial charge in [-0.1, -0.05) is 32.9 Å². The van der Waals surface area contributed by atoms with Crippen molar-refractivity contribution in [2.75, 3.05) is 6.61 Å². The van der Waals surface area contributed by atoms with Crippen LogP contribution in [0.3, 0.4) is 0 Å². The maximum Gasteiger partial charge on any atom is 0.255 e. The average Bonchev–Trinajstić information content (AvgIpc) is 2.67. The van der Waals surface area contributed by atoms with Crippen LogP contribution in [0, 0.1) is 11.3 Å². The van der Waals surface area contributed by atoms with Crippen LogP contribution in [0.2, 0.25) is 0 Å². The summed E-state index contributed by atoms with van der Waals surface area (Å²) in [4.78, 5) is 10.7. The largest absolute Gasteiger partial charge is 0.484 e. The lowest BCUT2D eigenvalue weighted by atomic mass is 9.91. The summed E-state index contributed by atoms with van der Waals surface area (Å²) in [6.07, 6.45) is 2.48. The lowest BCUT2D eigenvalue weighted by Crippen LogP contribution is -2.31. The molecule has 0 radical (unpaired) electrons. The molecule has 1 saturated carbocycles. The zero-order valence-corrected chi connectivity index (χ0v) is 13.2. The van der Waals surface area contributed by atoms with Crippen LogP contribution >= 0.6 is 0 Å². The zero-order valence-electron chi connectivity index (χ0n) is 13.2. The van der Waals surface area contributed by atoms with Gasteiger partial charge in [0.25, 0.3) is 5.91 Å². The van der Waals surface area contributed by atoms with Gasteiger partial charge in [-0.05, 0) is 41.9 Å². The Hall–Kier alpha value is -1.55. The molecule has 4 nitrogen and oxygen atoms in total. The van der Waals surface area contributed by atoms with Crippen molar-refractivity contribution in [2.45, 2.75) is 46.2 Å². The molecule has 1 amide bonds. The Morgan fingerprint density at radius 2 is 2.19 bits per heavy atom. The number of hydrogen-bond acceptors (Lipinski definition) is 3. The molecule has 0 aliphatic heterocycles. The summed E-state index contributed by atoms with van der Waals surface area (Å²) in [5.74, 6) is 0.933. The van der Waals surface area contributed by atoms with Crippen LogP contribution in [-0.2, 0) is 11.3 Å². The zero-order chi connectivity index (χ0) is 15.5. The molecule has 1 aromatic carbocycles. The molecule has 3 N–H and O–H groups in total. The fraction of sp³-hybridized carbons (Fsp3) is 0.588. The molecular weight excluding hydrogens is 264 g/mol. The summed E-state index contributed by atoms with van der Waals surface area (Å²) in [6, 6.07) is 8.37. The SMILES string of the molecule is CC1CC(C)(C)CC1NCc1cccc(OCC(N)=O)c1. The standard InChI is InChI=1S/C17H26N2O2/c1-12-8-17(2,3)9-15(12)19-10-13-5-4-6-14(7-13)21-11-16(18)20/h4-7,12,15,19H,8-11H2,1-3H3,(H2,18,20). The van der Waals surface area contributed by atoms with Crippen molar-refractivity contribution in [3.05, 3.63) is 29.8 Å². The van der Waals surface area contributed by atoms with Gasteiger partial charge >= 0.3 is 0 Å². The number of benzene rings is 1. The second kappa shape index (κ2) is 6.48. The topological polar surface area (TPSA) is 64.3 Å². The summed E-state index contributed by atoms with van der Waals surface area (Å²) < 4.78 is 5.33. The van der Waals surface area contributed by atoms with Crippen LogP contribution < -0.4 is 15.8 Å². The number of amides is 1. The molecule has 0 spiro atoms. The summed E-state index contributed by atoms with van der Waals surface area (Å²) in [5.41, 5.74) is 6.68. The van der Waals surface area contributed by atoms with E-state index >= 15 is 0 Å². The van der Waals surface area contributed by atoms with E-state index in [1.54, 1.807) is 0 Å². The predicted octanol–water partition coefficient (Wildman–Crippen LogP) is 2.46. The van der Waals surface area contributed by atoms with E-state index in [0.717, 1.165) is 12.1 Å². The van der Waals surface area contributed by atoms with Gasteiger partial charge in [0.15, 0.2) is 6.61 Å². The van der Waals surface area contributed by atoms with E-state index < -0.39 is 5.91 Å². The maximum atomic E-state index is 10.7. The summed E-state index contributed by atoms with van der Waals surface area (Å²) in [6.45, 7) is 7.73. The highest BCUT2D eigenvalue weighted by Gasteiger charge is 2.36. The van der Waals surface area contributed by atoms with Crippen molar-refractivity contribution in [1.29, 1.82) is 0 Å². The molecule has 116 valence electrons. The maximum absolute atomic E-state index is 10.7. The van der Waals surface area contributed by atoms with Gasteiger partial charge in [0.1, 0.15) is 5.75 Å². The van der Waals surface area contributed by atoms with Crippen molar-refractivity contribution in [3.8, 4) is 5.75 Å². The monoisotopic (exact) mass is 290 g/mol. The summed E-state index contributed by atoms with van der Waals surface area (Å²) >= 11 is 0. The first-order valence-electron chi connectivity index (χ1n) is 7.59. The van der Waals surface area contributed by atoms with Crippen LogP contribution in [0.5, 0.6) is 5.75 Å². The van der Waals surface area contributed by atoms with E-state index in [4.69, 9.17) is 10.5 Å². The van der Waals surface area contributed by atoms with E-state index in [-0.39, 0.29) is 6.61 Å². The minimum atomic E-state index is -0.458. The molecule has 2 atom stereocenters. The molecule has 0 aromatic heterocycles. The molecule has 21 heavy (non-hydrogen) atoms. The minimum Gasteiger partial charge on any atom is -0.484 e. The summed E-state index contributed by atoms with van der Waals surface area (Å²) in [5, 5.41) is 3.65. The van der Waals surface area contributed by atoms with Crippen LogP contribution in [0.25, 0.3) is 0 Å². The average molecular weight is 290 g/mol. The highest BCUT2D eigenvalue weighted by molar-refractivity contribution is 5.75. The van der Waals surface area contributed by atoms with Crippen molar-refractivity contribution in [1.82, 2.24) is 5.32 Å². The predicted molar refractivity (Wildman–Crippen MR) is 83.9 cm³/mol. The van der Waals surface area contributed by atoms with Crippen LogP contribution in [0.15, 0.2) is 24.3 Å². The Bertz CT molecular complexity index is 499. The van der Waals surface area contributed by atoms with Gasteiger partial charge in [-0.15, -0.1) is 0 Å². The molecule has 0 heterocycles. The van der Waals surface area contributed by atoms with Gasteiger partial charge in [-0.2, -0.15) is 0 Å². The van der Waals surface area contributed by atoms with Crippen LogP contribution in [0.4, 0.5) is 0 Å². The molecular formula is C17H26N2O2. The molecule has 1 fully saturated rings. The molecule has 0 saturated heterocycles. The lowest BCUT2D eigenvalue weighted by Gasteiger charge is -2.19. The third-order valence-electron chi connectivity index (χ3n) is 4.18. The molecule has 4 heteroatoms. The van der Waals surface area contributed by atoms with Gasteiger partial charge in [-0.25, -0.2) is 0 Å². The molecule has 1 aliphatic carbocycles. The number of hydrogen-bond donors (Lipinski definition) is 2. The smallest absolute Gasteiger partial charge is 0.255 e. The Labute approximate surface area is 127 Å². The quantitative estimate of drug-likeness (QED) is 0.846. The van der Waals surface area contributed by atoms with Gasteiger partial charge in [0.2, 0.25) is 0 Å². The Balaban J connectivity index is 1.88. The molecule has 2 rings (SSSR count). The first kappa shape index (κ1) is 15.8. The van der Waals surface area contributed by atoms with E-state index in [9.17, 15) is 4.79 Å². The minimum absolute atomic E-state index is 0.0786. The number of ether oxygens (including phenoxy) is 1. The van der Waals surface area contributed by atoms with Crippen molar-refractivity contribution >= 4 is 5.91 Å². The van der Waals surface area contributed by atoms with Gasteiger partial charge < -0.3 is 15.8 Å². The third kappa shape index (κ3) is 4.74. The van der Waals surface area contributed by atoms with E-state index in [1.165, 1.54) is 12.8 Å².